The van der Waals surface area contributed by atoms with E-state index in [0.29, 0.717) is 6.42 Å². The van der Waals surface area contributed by atoms with Gasteiger partial charge < -0.3 is 5.11 Å². The van der Waals surface area contributed by atoms with Crippen LogP contribution >= 0.6 is 0 Å². The first-order chi connectivity index (χ1) is 5.41. The summed E-state index contributed by atoms with van der Waals surface area (Å²) in [7, 11) is 0. The van der Waals surface area contributed by atoms with Gasteiger partial charge in [0, 0.05) is 12.8 Å². The predicted molar refractivity (Wildman–Crippen MR) is 39.1 cm³/mol. The van der Waals surface area contributed by atoms with Crippen LogP contribution in [-0.4, -0.2) is 17.0 Å². The van der Waals surface area contributed by atoms with E-state index in [9.17, 15) is 13.6 Å². The normalized spacial score (nSPS) is 24.6. The van der Waals surface area contributed by atoms with Gasteiger partial charge in [-0.3, -0.25) is 4.79 Å². The van der Waals surface area contributed by atoms with Crippen LogP contribution in [0.25, 0.3) is 0 Å². The Hall–Kier alpha value is -0.670. The molecule has 1 aliphatic rings. The molecule has 1 saturated carbocycles. The Morgan fingerprint density at radius 1 is 1.67 bits per heavy atom. The summed E-state index contributed by atoms with van der Waals surface area (Å²) in [6, 6.07) is 0. The minimum absolute atomic E-state index is 0.0916. The van der Waals surface area contributed by atoms with Gasteiger partial charge in [0.1, 0.15) is 0 Å². The summed E-state index contributed by atoms with van der Waals surface area (Å²) in [5.74, 6) is -4.01. The van der Waals surface area contributed by atoms with Crippen molar-refractivity contribution in [3.05, 3.63) is 0 Å². The Kier molecular flexibility index (Phi) is 2.35. The fraction of sp³-hybridized carbons (Fsp3) is 0.875. The van der Waals surface area contributed by atoms with Crippen molar-refractivity contribution in [1.82, 2.24) is 0 Å². The van der Waals surface area contributed by atoms with E-state index >= 15 is 0 Å². The highest BCUT2D eigenvalue weighted by Gasteiger charge is 2.45. The van der Waals surface area contributed by atoms with E-state index in [4.69, 9.17) is 5.11 Å². The van der Waals surface area contributed by atoms with Crippen molar-refractivity contribution >= 4 is 5.97 Å². The van der Waals surface area contributed by atoms with Crippen LogP contribution in [0.2, 0.25) is 0 Å². The molecule has 0 amide bonds. The third-order valence-electron chi connectivity index (χ3n) is 2.28. The first-order valence-electron chi connectivity index (χ1n) is 4.01. The molecule has 4 heteroatoms. The Balaban J connectivity index is 2.23. The van der Waals surface area contributed by atoms with Gasteiger partial charge in [0.25, 0.3) is 0 Å². The molecule has 0 saturated heterocycles. The van der Waals surface area contributed by atoms with Crippen LogP contribution in [0.4, 0.5) is 8.78 Å². The zero-order valence-corrected chi connectivity index (χ0v) is 6.89. The summed E-state index contributed by atoms with van der Waals surface area (Å²) in [5, 5.41) is 8.49. The number of halogens is 2. The smallest absolute Gasteiger partial charge is 0.306 e. The maximum absolute atomic E-state index is 12.3. The summed E-state index contributed by atoms with van der Waals surface area (Å²) < 4.78 is 24.6. The van der Waals surface area contributed by atoms with Crippen molar-refractivity contribution in [3.63, 3.8) is 0 Å². The Morgan fingerprint density at radius 2 is 2.17 bits per heavy atom. The number of hydrogen-bond donors (Lipinski definition) is 1. The standard InChI is InChI=1S/C8H12F2O2/c1-5(7(11)12)2-6-3-8(9,10)4-6/h5-6H,2-4H2,1H3,(H,11,12). The highest BCUT2D eigenvalue weighted by atomic mass is 19.3. The quantitative estimate of drug-likeness (QED) is 0.718. The lowest BCUT2D eigenvalue weighted by Crippen LogP contribution is -2.36. The molecule has 1 aliphatic carbocycles. The molecule has 2 nitrogen and oxygen atoms in total. The number of carboxylic acids is 1. The van der Waals surface area contributed by atoms with Crippen LogP contribution in [0, 0.1) is 11.8 Å². The van der Waals surface area contributed by atoms with Gasteiger partial charge in [-0.1, -0.05) is 6.92 Å². The van der Waals surface area contributed by atoms with E-state index in [1.54, 1.807) is 6.92 Å². The van der Waals surface area contributed by atoms with Gasteiger partial charge in [-0.2, -0.15) is 0 Å². The number of rotatable bonds is 3. The van der Waals surface area contributed by atoms with E-state index in [2.05, 4.69) is 0 Å². The van der Waals surface area contributed by atoms with Crippen molar-refractivity contribution in [3.8, 4) is 0 Å². The van der Waals surface area contributed by atoms with Crippen LogP contribution in [0.1, 0.15) is 26.2 Å². The summed E-state index contributed by atoms with van der Waals surface area (Å²) in [6.45, 7) is 1.55. The largest absolute Gasteiger partial charge is 0.481 e. The molecule has 0 spiro atoms. The van der Waals surface area contributed by atoms with Crippen LogP contribution < -0.4 is 0 Å². The van der Waals surface area contributed by atoms with Crippen molar-refractivity contribution < 1.29 is 18.7 Å². The number of alkyl halides is 2. The highest BCUT2D eigenvalue weighted by molar-refractivity contribution is 5.69. The van der Waals surface area contributed by atoms with E-state index in [1.807, 2.05) is 0 Å². The Labute approximate surface area is 69.6 Å². The van der Waals surface area contributed by atoms with Crippen LogP contribution in [0.5, 0.6) is 0 Å². The molecule has 12 heavy (non-hydrogen) atoms. The average Bonchev–Trinajstić information content (AvgIpc) is 1.83. The molecule has 1 fully saturated rings. The monoisotopic (exact) mass is 178 g/mol. The number of carboxylic acid groups (broad SMARTS) is 1. The Morgan fingerprint density at radius 3 is 2.50 bits per heavy atom. The fourth-order valence-corrected chi connectivity index (χ4v) is 1.55. The molecule has 0 aromatic carbocycles. The van der Waals surface area contributed by atoms with Gasteiger partial charge in [-0.25, -0.2) is 8.78 Å². The summed E-state index contributed by atoms with van der Waals surface area (Å²) >= 11 is 0. The van der Waals surface area contributed by atoms with Gasteiger partial charge in [0.05, 0.1) is 5.92 Å². The summed E-state index contributed by atoms with van der Waals surface area (Å²) in [4.78, 5) is 10.3. The predicted octanol–water partition coefficient (Wildman–Crippen LogP) is 2.14. The average molecular weight is 178 g/mol. The van der Waals surface area contributed by atoms with Gasteiger partial charge in [-0.05, 0) is 12.3 Å². The van der Waals surface area contributed by atoms with Gasteiger partial charge in [0.15, 0.2) is 0 Å². The second kappa shape index (κ2) is 2.99. The summed E-state index contributed by atoms with van der Waals surface area (Å²) in [6.07, 6.45) is 0.111. The molecule has 1 atom stereocenters. The molecular weight excluding hydrogens is 166 g/mol. The van der Waals surface area contributed by atoms with E-state index in [1.165, 1.54) is 0 Å². The van der Waals surface area contributed by atoms with E-state index < -0.39 is 17.8 Å². The first-order valence-corrected chi connectivity index (χ1v) is 4.01. The van der Waals surface area contributed by atoms with Crippen molar-refractivity contribution in [2.45, 2.75) is 32.1 Å². The second-order valence-corrected chi connectivity index (χ2v) is 3.61. The third-order valence-corrected chi connectivity index (χ3v) is 2.28. The minimum Gasteiger partial charge on any atom is -0.481 e. The second-order valence-electron chi connectivity index (χ2n) is 3.61. The lowest BCUT2D eigenvalue weighted by Gasteiger charge is -2.35. The molecule has 1 unspecified atom stereocenters. The maximum Gasteiger partial charge on any atom is 0.306 e. The lowest BCUT2D eigenvalue weighted by atomic mass is 9.76. The van der Waals surface area contributed by atoms with E-state index in [-0.39, 0.29) is 18.8 Å². The summed E-state index contributed by atoms with van der Waals surface area (Å²) in [5.41, 5.74) is 0. The van der Waals surface area contributed by atoms with Crippen LogP contribution in [-0.2, 0) is 4.79 Å². The highest BCUT2D eigenvalue weighted by Crippen LogP contribution is 2.45. The maximum atomic E-state index is 12.3. The number of carbonyl (C=O) groups is 1. The van der Waals surface area contributed by atoms with Crippen molar-refractivity contribution in [2.75, 3.05) is 0 Å². The van der Waals surface area contributed by atoms with Gasteiger partial charge >= 0.3 is 5.97 Å². The number of hydrogen-bond acceptors (Lipinski definition) is 1. The van der Waals surface area contributed by atoms with Crippen LogP contribution in [0.15, 0.2) is 0 Å². The zero-order valence-electron chi connectivity index (χ0n) is 6.89. The first kappa shape index (κ1) is 9.42. The zero-order chi connectivity index (χ0) is 9.35. The van der Waals surface area contributed by atoms with E-state index in [0.717, 1.165) is 0 Å². The molecule has 70 valence electrons. The SMILES string of the molecule is CC(CC1CC(F)(F)C1)C(=O)O. The molecule has 0 aromatic rings. The number of aliphatic carboxylic acids is 1. The topological polar surface area (TPSA) is 37.3 Å². The van der Waals surface area contributed by atoms with Gasteiger partial charge in [-0.15, -0.1) is 0 Å². The fourth-order valence-electron chi connectivity index (χ4n) is 1.55. The molecule has 1 N–H and O–H groups in total. The Bertz CT molecular complexity index is 183. The van der Waals surface area contributed by atoms with Crippen molar-refractivity contribution in [1.29, 1.82) is 0 Å². The molecule has 1 rings (SSSR count). The lowest BCUT2D eigenvalue weighted by molar-refractivity contribution is -0.146. The molecule has 0 aromatic heterocycles. The molecule has 0 heterocycles. The van der Waals surface area contributed by atoms with Crippen molar-refractivity contribution in [2.24, 2.45) is 11.8 Å². The molecule has 0 bridgehead atoms. The minimum atomic E-state index is -2.52. The van der Waals surface area contributed by atoms with Crippen LogP contribution in [0.3, 0.4) is 0 Å². The molecule has 0 radical (unpaired) electrons. The molecule has 0 aliphatic heterocycles. The third kappa shape index (κ3) is 2.16. The van der Waals surface area contributed by atoms with Gasteiger partial charge in [0.2, 0.25) is 5.92 Å². The molecular formula is C8H12F2O2.